The molecule has 2 N–H and O–H groups in total. The fourth-order valence-electron chi connectivity index (χ4n) is 2.21. The van der Waals surface area contributed by atoms with Gasteiger partial charge in [-0.3, -0.25) is 0 Å². The van der Waals surface area contributed by atoms with Crippen LogP contribution in [0.15, 0.2) is 12.1 Å². The molecule has 0 spiro atoms. The smallest absolute Gasteiger partial charge is 0.138 e. The average Bonchev–Trinajstić information content (AvgIpc) is 2.63. The largest absolute Gasteiger partial charge is 0.383 e. The van der Waals surface area contributed by atoms with Crippen molar-refractivity contribution in [1.29, 1.82) is 0 Å². The first-order valence-electron chi connectivity index (χ1n) is 5.31. The van der Waals surface area contributed by atoms with E-state index in [0.717, 1.165) is 24.5 Å². The van der Waals surface area contributed by atoms with E-state index in [1.165, 1.54) is 0 Å². The molecule has 2 aliphatic rings. The Bertz CT molecular complexity index is 427. The Hall–Kier alpha value is -0.560. The second kappa shape index (κ2) is 4.03. The molecule has 1 aromatic rings. The van der Waals surface area contributed by atoms with Crippen LogP contribution in [0.25, 0.3) is 0 Å². The molecule has 2 atom stereocenters. The summed E-state index contributed by atoms with van der Waals surface area (Å²) in [5.74, 6) is 0.291. The summed E-state index contributed by atoms with van der Waals surface area (Å²) < 4.78 is 19.5. The molecule has 1 fully saturated rings. The SMILES string of the molecule is Fc1cc2c(cc1I)NCC1COCC1N2. The van der Waals surface area contributed by atoms with Crippen LogP contribution in [0.4, 0.5) is 15.8 Å². The van der Waals surface area contributed by atoms with Gasteiger partial charge >= 0.3 is 0 Å². The number of ether oxygens (including phenoxy) is 1. The van der Waals surface area contributed by atoms with E-state index in [1.807, 2.05) is 28.7 Å². The Morgan fingerprint density at radius 3 is 3.06 bits per heavy atom. The van der Waals surface area contributed by atoms with Crippen LogP contribution in [0.2, 0.25) is 0 Å². The summed E-state index contributed by atoms with van der Waals surface area (Å²) >= 11 is 2.01. The lowest BCUT2D eigenvalue weighted by Gasteiger charge is -2.15. The van der Waals surface area contributed by atoms with Crippen molar-refractivity contribution >= 4 is 34.0 Å². The van der Waals surface area contributed by atoms with Gasteiger partial charge in [0, 0.05) is 18.5 Å². The Morgan fingerprint density at radius 1 is 1.31 bits per heavy atom. The summed E-state index contributed by atoms with van der Waals surface area (Å²) in [6.07, 6.45) is 0. The van der Waals surface area contributed by atoms with Gasteiger partial charge in [-0.15, -0.1) is 0 Å². The number of anilines is 2. The van der Waals surface area contributed by atoms with Gasteiger partial charge in [0.25, 0.3) is 0 Å². The third-order valence-corrected chi connectivity index (χ3v) is 3.98. The van der Waals surface area contributed by atoms with Crippen molar-refractivity contribution in [3.63, 3.8) is 0 Å². The van der Waals surface area contributed by atoms with E-state index in [9.17, 15) is 4.39 Å². The molecule has 0 saturated carbocycles. The molecule has 2 unspecified atom stereocenters. The van der Waals surface area contributed by atoms with Crippen LogP contribution in [0.5, 0.6) is 0 Å². The highest BCUT2D eigenvalue weighted by Crippen LogP contribution is 2.32. The van der Waals surface area contributed by atoms with Crippen molar-refractivity contribution < 1.29 is 9.13 Å². The highest BCUT2D eigenvalue weighted by atomic mass is 127. The molecule has 0 amide bonds. The molecule has 3 rings (SSSR count). The van der Waals surface area contributed by atoms with Crippen molar-refractivity contribution in [2.45, 2.75) is 6.04 Å². The van der Waals surface area contributed by atoms with Gasteiger partial charge in [0.1, 0.15) is 5.82 Å². The highest BCUT2D eigenvalue weighted by molar-refractivity contribution is 14.1. The molecule has 3 nitrogen and oxygen atoms in total. The van der Waals surface area contributed by atoms with Crippen molar-refractivity contribution in [3.8, 4) is 0 Å². The molecule has 2 heterocycles. The first-order chi connectivity index (χ1) is 7.74. The molecule has 2 aliphatic heterocycles. The van der Waals surface area contributed by atoms with Gasteiger partial charge in [-0.1, -0.05) is 0 Å². The molecule has 16 heavy (non-hydrogen) atoms. The minimum absolute atomic E-state index is 0.175. The molecule has 0 radical (unpaired) electrons. The van der Waals surface area contributed by atoms with Crippen LogP contribution in [0.3, 0.4) is 0 Å². The van der Waals surface area contributed by atoms with E-state index < -0.39 is 0 Å². The Labute approximate surface area is 107 Å². The van der Waals surface area contributed by atoms with Gasteiger partial charge in [0.05, 0.1) is 34.2 Å². The first kappa shape index (κ1) is 10.6. The van der Waals surface area contributed by atoms with Crippen LogP contribution in [0, 0.1) is 15.3 Å². The van der Waals surface area contributed by atoms with Crippen LogP contribution in [0.1, 0.15) is 0 Å². The highest BCUT2D eigenvalue weighted by Gasteiger charge is 2.31. The minimum atomic E-state index is -0.175. The average molecular weight is 334 g/mol. The summed E-state index contributed by atoms with van der Waals surface area (Å²) in [7, 11) is 0. The second-order valence-electron chi connectivity index (χ2n) is 4.24. The Kier molecular flexibility index (Phi) is 2.67. The first-order valence-corrected chi connectivity index (χ1v) is 6.39. The molecule has 0 aliphatic carbocycles. The van der Waals surface area contributed by atoms with Gasteiger partial charge in [-0.25, -0.2) is 4.39 Å². The van der Waals surface area contributed by atoms with Crippen LogP contribution < -0.4 is 10.6 Å². The van der Waals surface area contributed by atoms with Gasteiger partial charge in [-0.2, -0.15) is 0 Å². The molecular weight excluding hydrogens is 322 g/mol. The van der Waals surface area contributed by atoms with E-state index in [1.54, 1.807) is 6.07 Å². The predicted molar refractivity (Wildman–Crippen MR) is 69.3 cm³/mol. The standard InChI is InChI=1S/C11H12FIN2O/c12-7-1-10-9(2-8(7)13)14-3-6-4-16-5-11(6)15-10/h1-2,6,11,14-15H,3-5H2. The van der Waals surface area contributed by atoms with Crippen molar-refractivity contribution in [2.75, 3.05) is 30.4 Å². The number of nitrogens with one attached hydrogen (secondary N) is 2. The zero-order valence-corrected chi connectivity index (χ0v) is 10.8. The molecule has 86 valence electrons. The molecule has 5 heteroatoms. The zero-order chi connectivity index (χ0) is 11.1. The van der Waals surface area contributed by atoms with E-state index in [-0.39, 0.29) is 5.82 Å². The number of rotatable bonds is 0. The van der Waals surface area contributed by atoms with E-state index >= 15 is 0 Å². The van der Waals surface area contributed by atoms with Crippen molar-refractivity contribution in [2.24, 2.45) is 5.92 Å². The van der Waals surface area contributed by atoms with Gasteiger partial charge < -0.3 is 15.4 Å². The fourth-order valence-corrected chi connectivity index (χ4v) is 2.68. The van der Waals surface area contributed by atoms with Crippen LogP contribution in [-0.2, 0) is 4.74 Å². The molecule has 1 aromatic carbocycles. The lowest BCUT2D eigenvalue weighted by molar-refractivity contribution is 0.186. The molecule has 1 saturated heterocycles. The molecule has 0 aromatic heterocycles. The maximum Gasteiger partial charge on any atom is 0.138 e. The number of benzene rings is 1. The lowest BCUT2D eigenvalue weighted by atomic mass is 10.0. The zero-order valence-electron chi connectivity index (χ0n) is 8.59. The summed E-state index contributed by atoms with van der Waals surface area (Å²) in [6, 6.07) is 3.71. The van der Waals surface area contributed by atoms with Crippen molar-refractivity contribution in [1.82, 2.24) is 0 Å². The number of halogens is 2. The number of hydrogen-bond donors (Lipinski definition) is 2. The third kappa shape index (κ3) is 1.75. The number of fused-ring (bicyclic) bond motifs is 2. The van der Waals surface area contributed by atoms with Crippen molar-refractivity contribution in [3.05, 3.63) is 21.5 Å². The third-order valence-electron chi connectivity index (χ3n) is 3.15. The quantitative estimate of drug-likeness (QED) is 0.715. The van der Waals surface area contributed by atoms with E-state index in [0.29, 0.717) is 22.1 Å². The topological polar surface area (TPSA) is 33.3 Å². The Morgan fingerprint density at radius 2 is 2.19 bits per heavy atom. The summed E-state index contributed by atoms with van der Waals surface area (Å²) in [6.45, 7) is 2.37. The van der Waals surface area contributed by atoms with E-state index in [2.05, 4.69) is 10.6 Å². The maximum atomic E-state index is 13.5. The van der Waals surface area contributed by atoms with Gasteiger partial charge in [-0.05, 0) is 28.7 Å². The second-order valence-corrected chi connectivity index (χ2v) is 5.40. The lowest BCUT2D eigenvalue weighted by Crippen LogP contribution is -2.29. The molecule has 0 bridgehead atoms. The fraction of sp³-hybridized carbons (Fsp3) is 0.455. The Balaban J connectivity index is 1.97. The summed E-state index contributed by atoms with van der Waals surface area (Å²) in [4.78, 5) is 0. The van der Waals surface area contributed by atoms with Crippen LogP contribution in [-0.4, -0.2) is 25.8 Å². The summed E-state index contributed by atoms with van der Waals surface area (Å²) in [5, 5.41) is 6.71. The minimum Gasteiger partial charge on any atom is -0.383 e. The normalized spacial score (nSPS) is 27.4. The summed E-state index contributed by atoms with van der Waals surface area (Å²) in [5.41, 5.74) is 1.83. The number of hydrogen-bond acceptors (Lipinski definition) is 3. The van der Waals surface area contributed by atoms with Gasteiger partial charge in [0.2, 0.25) is 0 Å². The monoisotopic (exact) mass is 334 g/mol. The van der Waals surface area contributed by atoms with E-state index in [4.69, 9.17) is 4.74 Å². The van der Waals surface area contributed by atoms with Gasteiger partial charge in [0.15, 0.2) is 0 Å². The molecular formula is C11H12FIN2O. The van der Waals surface area contributed by atoms with Crippen LogP contribution >= 0.6 is 22.6 Å². The predicted octanol–water partition coefficient (Wildman–Crippen LogP) is 2.28. The maximum absolute atomic E-state index is 13.5.